The van der Waals surface area contributed by atoms with Crippen molar-refractivity contribution in [2.75, 3.05) is 13.1 Å². The van der Waals surface area contributed by atoms with Crippen molar-refractivity contribution >= 4 is 5.91 Å². The van der Waals surface area contributed by atoms with Gasteiger partial charge in [0.15, 0.2) is 0 Å². The van der Waals surface area contributed by atoms with E-state index in [4.69, 9.17) is 0 Å². The van der Waals surface area contributed by atoms with Crippen molar-refractivity contribution in [2.24, 2.45) is 5.92 Å². The van der Waals surface area contributed by atoms with Gasteiger partial charge in [0.1, 0.15) is 0 Å². The monoisotopic (exact) mass is 416 g/mol. The van der Waals surface area contributed by atoms with Crippen LogP contribution in [0.3, 0.4) is 0 Å². The average Bonchev–Trinajstić information content (AvgIpc) is 3.36. The van der Waals surface area contributed by atoms with E-state index in [-0.39, 0.29) is 5.41 Å². The van der Waals surface area contributed by atoms with Crippen LogP contribution < -0.4 is 5.32 Å². The van der Waals surface area contributed by atoms with E-state index < -0.39 is 0 Å². The van der Waals surface area contributed by atoms with Crippen molar-refractivity contribution in [2.45, 2.75) is 63.3 Å². The van der Waals surface area contributed by atoms with E-state index in [1.165, 1.54) is 36.8 Å². The van der Waals surface area contributed by atoms with Gasteiger partial charge >= 0.3 is 0 Å². The summed E-state index contributed by atoms with van der Waals surface area (Å²) in [6, 6.07) is 21.2. The fraction of sp³-hybridized carbons (Fsp3) is 0.464. The van der Waals surface area contributed by atoms with Gasteiger partial charge in [0.25, 0.3) is 0 Å². The van der Waals surface area contributed by atoms with Gasteiger partial charge in [-0.25, -0.2) is 0 Å². The molecule has 0 atom stereocenters. The SMILES string of the molecule is C=C(NCc1ccccc1)C1(c2ccccc2)CCN(C(=O)CCC2CCCC2)CC1. The Labute approximate surface area is 187 Å². The van der Waals surface area contributed by atoms with Gasteiger partial charge in [0, 0.05) is 37.2 Å². The minimum absolute atomic E-state index is 0.127. The molecule has 0 bridgehead atoms. The van der Waals surface area contributed by atoms with Gasteiger partial charge in [0.2, 0.25) is 5.91 Å². The fourth-order valence-electron chi connectivity index (χ4n) is 5.42. The molecule has 2 aliphatic rings. The maximum atomic E-state index is 12.9. The van der Waals surface area contributed by atoms with Crippen LogP contribution in [0.15, 0.2) is 72.9 Å². The lowest BCUT2D eigenvalue weighted by Gasteiger charge is -2.44. The molecule has 2 aromatic carbocycles. The Kier molecular flexibility index (Phi) is 7.11. The maximum absolute atomic E-state index is 12.9. The highest BCUT2D eigenvalue weighted by Crippen LogP contribution is 2.40. The van der Waals surface area contributed by atoms with Crippen LogP contribution >= 0.6 is 0 Å². The number of nitrogens with zero attached hydrogens (tertiary/aromatic N) is 1. The van der Waals surface area contributed by atoms with Crippen molar-refractivity contribution in [1.29, 1.82) is 0 Å². The minimum Gasteiger partial charge on any atom is -0.384 e. The predicted molar refractivity (Wildman–Crippen MR) is 128 cm³/mol. The number of amides is 1. The van der Waals surface area contributed by atoms with Crippen molar-refractivity contribution in [3.63, 3.8) is 0 Å². The topological polar surface area (TPSA) is 32.3 Å². The number of allylic oxidation sites excluding steroid dienone is 1. The summed E-state index contributed by atoms with van der Waals surface area (Å²) in [4.78, 5) is 15.0. The smallest absolute Gasteiger partial charge is 0.222 e. The Morgan fingerprint density at radius 2 is 1.58 bits per heavy atom. The number of carbonyl (C=O) groups is 1. The number of piperidine rings is 1. The molecule has 4 rings (SSSR count). The first kappa shape index (κ1) is 21.7. The van der Waals surface area contributed by atoms with Crippen LogP contribution in [0.4, 0.5) is 0 Å². The molecule has 1 saturated heterocycles. The summed E-state index contributed by atoms with van der Waals surface area (Å²) < 4.78 is 0. The highest BCUT2D eigenvalue weighted by atomic mass is 16.2. The molecule has 1 aliphatic carbocycles. The number of benzene rings is 2. The summed E-state index contributed by atoms with van der Waals surface area (Å²) in [5.74, 6) is 1.12. The van der Waals surface area contributed by atoms with E-state index in [2.05, 4.69) is 71.4 Å². The molecule has 1 saturated carbocycles. The van der Waals surface area contributed by atoms with Crippen LogP contribution in [0.1, 0.15) is 62.5 Å². The van der Waals surface area contributed by atoms with Gasteiger partial charge in [-0.2, -0.15) is 0 Å². The molecule has 2 aromatic rings. The first-order chi connectivity index (χ1) is 15.2. The molecular weight excluding hydrogens is 380 g/mol. The Morgan fingerprint density at radius 3 is 2.23 bits per heavy atom. The van der Waals surface area contributed by atoms with Crippen LogP contribution in [-0.2, 0) is 16.8 Å². The molecule has 31 heavy (non-hydrogen) atoms. The van der Waals surface area contributed by atoms with Crippen LogP contribution in [0, 0.1) is 5.92 Å². The van der Waals surface area contributed by atoms with Crippen LogP contribution in [-0.4, -0.2) is 23.9 Å². The van der Waals surface area contributed by atoms with Gasteiger partial charge in [-0.1, -0.05) is 92.9 Å². The molecule has 1 amide bonds. The summed E-state index contributed by atoms with van der Waals surface area (Å²) in [6.45, 7) is 6.88. The third-order valence-electron chi connectivity index (χ3n) is 7.46. The van der Waals surface area contributed by atoms with E-state index in [9.17, 15) is 4.79 Å². The molecule has 0 spiro atoms. The van der Waals surface area contributed by atoms with Crippen LogP contribution in [0.5, 0.6) is 0 Å². The molecule has 164 valence electrons. The summed E-state index contributed by atoms with van der Waals surface area (Å²) in [5, 5.41) is 3.62. The highest BCUT2D eigenvalue weighted by Gasteiger charge is 2.39. The van der Waals surface area contributed by atoms with E-state index in [0.717, 1.165) is 56.9 Å². The first-order valence-electron chi connectivity index (χ1n) is 12.0. The zero-order chi connectivity index (χ0) is 21.5. The second-order valence-corrected chi connectivity index (χ2v) is 9.34. The molecule has 3 heteroatoms. The lowest BCUT2D eigenvalue weighted by atomic mass is 9.70. The Morgan fingerprint density at radius 1 is 0.968 bits per heavy atom. The second-order valence-electron chi connectivity index (χ2n) is 9.34. The highest BCUT2D eigenvalue weighted by molar-refractivity contribution is 5.76. The van der Waals surface area contributed by atoms with Crippen molar-refractivity contribution < 1.29 is 4.79 Å². The quantitative estimate of drug-likeness (QED) is 0.588. The molecule has 0 unspecified atom stereocenters. The Balaban J connectivity index is 1.40. The number of likely N-dealkylation sites (tertiary alicyclic amines) is 1. The molecule has 1 aliphatic heterocycles. The maximum Gasteiger partial charge on any atom is 0.222 e. The van der Waals surface area contributed by atoms with Gasteiger partial charge < -0.3 is 10.2 Å². The molecule has 0 radical (unpaired) electrons. The first-order valence-corrected chi connectivity index (χ1v) is 12.0. The minimum atomic E-state index is -0.127. The molecule has 0 aromatic heterocycles. The fourth-order valence-corrected chi connectivity index (χ4v) is 5.42. The third kappa shape index (κ3) is 5.20. The number of carbonyl (C=O) groups excluding carboxylic acids is 1. The third-order valence-corrected chi connectivity index (χ3v) is 7.46. The van der Waals surface area contributed by atoms with Crippen molar-refractivity contribution in [3.8, 4) is 0 Å². The lowest BCUT2D eigenvalue weighted by Crippen LogP contribution is -2.48. The molecule has 3 nitrogen and oxygen atoms in total. The van der Waals surface area contributed by atoms with E-state index in [1.807, 2.05) is 6.07 Å². The zero-order valence-corrected chi connectivity index (χ0v) is 18.7. The van der Waals surface area contributed by atoms with Gasteiger partial charge in [0.05, 0.1) is 0 Å². The molecular formula is C28H36N2O. The largest absolute Gasteiger partial charge is 0.384 e. The second kappa shape index (κ2) is 10.2. The average molecular weight is 417 g/mol. The summed E-state index contributed by atoms with van der Waals surface area (Å²) in [6.07, 6.45) is 8.97. The molecule has 2 fully saturated rings. The Bertz CT molecular complexity index is 847. The number of hydrogen-bond donors (Lipinski definition) is 1. The molecule has 1 heterocycles. The standard InChI is InChI=1S/C28H36N2O/c1-23(29-22-25-12-4-2-5-13-25)28(26-14-6-3-7-15-26)18-20-30(21-19-28)27(31)17-16-24-10-8-9-11-24/h2-7,12-15,24,29H,1,8-11,16-22H2. The van der Waals surface area contributed by atoms with Gasteiger partial charge in [-0.3, -0.25) is 4.79 Å². The number of rotatable bonds is 8. The van der Waals surface area contributed by atoms with Crippen molar-refractivity contribution in [1.82, 2.24) is 10.2 Å². The van der Waals surface area contributed by atoms with Crippen LogP contribution in [0.2, 0.25) is 0 Å². The predicted octanol–water partition coefficient (Wildman–Crippen LogP) is 5.82. The number of hydrogen-bond acceptors (Lipinski definition) is 2. The molecule has 1 N–H and O–H groups in total. The van der Waals surface area contributed by atoms with E-state index in [0.29, 0.717) is 5.91 Å². The summed E-state index contributed by atoms with van der Waals surface area (Å²) in [7, 11) is 0. The Hall–Kier alpha value is -2.55. The number of nitrogens with one attached hydrogen (secondary N) is 1. The lowest BCUT2D eigenvalue weighted by molar-refractivity contribution is -0.133. The zero-order valence-electron chi connectivity index (χ0n) is 18.7. The van der Waals surface area contributed by atoms with E-state index in [1.54, 1.807) is 0 Å². The summed E-state index contributed by atoms with van der Waals surface area (Å²) >= 11 is 0. The van der Waals surface area contributed by atoms with Crippen LogP contribution in [0.25, 0.3) is 0 Å². The normalized spacial score (nSPS) is 18.6. The van der Waals surface area contributed by atoms with Crippen molar-refractivity contribution in [3.05, 3.63) is 84.1 Å². The van der Waals surface area contributed by atoms with Gasteiger partial charge in [-0.05, 0) is 36.3 Å². The summed E-state index contributed by atoms with van der Waals surface area (Å²) in [5.41, 5.74) is 3.50. The van der Waals surface area contributed by atoms with E-state index >= 15 is 0 Å². The van der Waals surface area contributed by atoms with Gasteiger partial charge in [-0.15, -0.1) is 0 Å².